The van der Waals surface area contributed by atoms with Gasteiger partial charge in [-0.05, 0) is 42.9 Å². The molecule has 8 nitrogen and oxygen atoms in total. The van der Waals surface area contributed by atoms with Crippen LogP contribution in [0.3, 0.4) is 0 Å². The van der Waals surface area contributed by atoms with Crippen molar-refractivity contribution >= 4 is 33.7 Å². The molecule has 0 radical (unpaired) electrons. The van der Waals surface area contributed by atoms with Crippen LogP contribution in [0.1, 0.15) is 0 Å². The van der Waals surface area contributed by atoms with E-state index in [2.05, 4.69) is 66.5 Å². The number of aromatic nitrogens is 5. The van der Waals surface area contributed by atoms with E-state index >= 15 is 0 Å². The number of H-pyrrole nitrogens is 1. The van der Waals surface area contributed by atoms with Crippen LogP contribution in [0.4, 0.5) is 17.2 Å². The van der Waals surface area contributed by atoms with Crippen LogP contribution in [-0.4, -0.2) is 62.7 Å². The van der Waals surface area contributed by atoms with Gasteiger partial charge in [-0.15, -0.1) is 0 Å². The van der Waals surface area contributed by atoms with Crippen LogP contribution >= 0.6 is 0 Å². The first-order chi connectivity index (χ1) is 15.7. The van der Waals surface area contributed by atoms with Crippen LogP contribution < -0.4 is 10.2 Å². The van der Waals surface area contributed by atoms with Gasteiger partial charge in [-0.25, -0.2) is 14.5 Å². The Hall–Kier alpha value is -3.91. The summed E-state index contributed by atoms with van der Waals surface area (Å²) in [6, 6.07) is 12.5. The number of anilines is 3. The first kappa shape index (κ1) is 18.8. The maximum absolute atomic E-state index is 4.63. The van der Waals surface area contributed by atoms with Crippen LogP contribution in [-0.2, 0) is 0 Å². The molecule has 0 aromatic carbocycles. The lowest BCUT2D eigenvalue weighted by Crippen LogP contribution is -2.44. The average Bonchev–Trinajstić information content (AvgIpc) is 3.46. The normalized spacial score (nSPS) is 15.0. The highest BCUT2D eigenvalue weighted by atomic mass is 15.3. The number of pyridine rings is 3. The topological polar surface area (TPSA) is 77.4 Å². The Bertz CT molecular complexity index is 1390. The first-order valence-corrected chi connectivity index (χ1v) is 10.8. The minimum atomic E-state index is 0.867. The van der Waals surface area contributed by atoms with Gasteiger partial charge in [-0.2, -0.15) is 5.10 Å². The molecule has 0 saturated carbocycles. The lowest BCUT2D eigenvalue weighted by molar-refractivity contribution is 0.312. The van der Waals surface area contributed by atoms with E-state index in [1.807, 2.05) is 47.6 Å². The number of aromatic amines is 1. The predicted molar refractivity (Wildman–Crippen MR) is 128 cm³/mol. The second-order valence-corrected chi connectivity index (χ2v) is 8.26. The predicted octanol–water partition coefficient (Wildman–Crippen LogP) is 3.77. The zero-order chi connectivity index (χ0) is 21.5. The average molecular weight is 425 g/mol. The number of rotatable bonds is 4. The SMILES string of the molecule is CN1CCN(c2cc(Nc3cnc4[nH]cc(-c5ccn6nccc6c5)c4c3)ccn2)CC1. The number of nitrogens with one attached hydrogen (secondary N) is 2. The third-order valence-electron chi connectivity index (χ3n) is 6.10. The van der Waals surface area contributed by atoms with Gasteiger partial charge in [0.15, 0.2) is 0 Å². The molecule has 160 valence electrons. The first-order valence-electron chi connectivity index (χ1n) is 10.8. The Kier molecular flexibility index (Phi) is 4.50. The van der Waals surface area contributed by atoms with Crippen molar-refractivity contribution in [1.82, 2.24) is 29.5 Å². The van der Waals surface area contributed by atoms with E-state index in [-0.39, 0.29) is 0 Å². The highest BCUT2D eigenvalue weighted by Gasteiger charge is 2.16. The third kappa shape index (κ3) is 3.44. The molecule has 0 aliphatic carbocycles. The van der Waals surface area contributed by atoms with Crippen molar-refractivity contribution in [2.45, 2.75) is 0 Å². The molecule has 5 aromatic heterocycles. The zero-order valence-electron chi connectivity index (χ0n) is 17.9. The van der Waals surface area contributed by atoms with Gasteiger partial charge in [0.05, 0.1) is 17.4 Å². The minimum Gasteiger partial charge on any atom is -0.354 e. The number of hydrogen-bond donors (Lipinski definition) is 2. The molecule has 0 bridgehead atoms. The molecule has 0 atom stereocenters. The van der Waals surface area contributed by atoms with Crippen molar-refractivity contribution in [2.24, 2.45) is 0 Å². The van der Waals surface area contributed by atoms with E-state index in [1.165, 1.54) is 0 Å². The molecular formula is C24H24N8. The Morgan fingerprint density at radius 2 is 1.84 bits per heavy atom. The molecule has 1 aliphatic rings. The molecule has 0 amide bonds. The molecule has 1 saturated heterocycles. The van der Waals surface area contributed by atoms with Crippen molar-refractivity contribution in [3.63, 3.8) is 0 Å². The molecule has 32 heavy (non-hydrogen) atoms. The van der Waals surface area contributed by atoms with Crippen LogP contribution in [0.25, 0.3) is 27.7 Å². The molecule has 0 unspecified atom stereocenters. The molecule has 1 fully saturated rings. The number of hydrogen-bond acceptors (Lipinski definition) is 6. The maximum Gasteiger partial charge on any atom is 0.138 e. The van der Waals surface area contributed by atoms with Crippen molar-refractivity contribution in [3.05, 3.63) is 67.4 Å². The summed E-state index contributed by atoms with van der Waals surface area (Å²) < 4.78 is 1.87. The summed E-state index contributed by atoms with van der Waals surface area (Å²) in [5.74, 6) is 1.01. The van der Waals surface area contributed by atoms with E-state index in [4.69, 9.17) is 0 Å². The Morgan fingerprint density at radius 3 is 2.75 bits per heavy atom. The summed E-state index contributed by atoms with van der Waals surface area (Å²) in [6.45, 7) is 4.10. The molecule has 0 spiro atoms. The van der Waals surface area contributed by atoms with Crippen molar-refractivity contribution in [3.8, 4) is 11.1 Å². The number of fused-ring (bicyclic) bond motifs is 2. The molecule has 6 rings (SSSR count). The largest absolute Gasteiger partial charge is 0.354 e. The molecule has 2 N–H and O–H groups in total. The monoisotopic (exact) mass is 424 g/mol. The van der Waals surface area contributed by atoms with Crippen LogP contribution in [0, 0.1) is 0 Å². The van der Waals surface area contributed by atoms with Crippen LogP contribution in [0.5, 0.6) is 0 Å². The van der Waals surface area contributed by atoms with Gasteiger partial charge < -0.3 is 20.1 Å². The Morgan fingerprint density at radius 1 is 0.938 bits per heavy atom. The fourth-order valence-corrected chi connectivity index (χ4v) is 4.27. The summed E-state index contributed by atoms with van der Waals surface area (Å²) in [7, 11) is 2.16. The number of piperazine rings is 1. The van der Waals surface area contributed by atoms with E-state index < -0.39 is 0 Å². The molecular weight excluding hydrogens is 400 g/mol. The second kappa shape index (κ2) is 7.65. The third-order valence-corrected chi connectivity index (χ3v) is 6.10. The molecule has 6 heterocycles. The lowest BCUT2D eigenvalue weighted by Gasteiger charge is -2.33. The maximum atomic E-state index is 4.63. The summed E-state index contributed by atoms with van der Waals surface area (Å²) in [5, 5.41) is 8.87. The Balaban J connectivity index is 1.30. The smallest absolute Gasteiger partial charge is 0.138 e. The fraction of sp³-hybridized carbons (Fsp3) is 0.208. The van der Waals surface area contributed by atoms with Gasteiger partial charge in [0.2, 0.25) is 0 Å². The second-order valence-electron chi connectivity index (χ2n) is 8.26. The van der Waals surface area contributed by atoms with E-state index in [0.717, 1.165) is 71.0 Å². The van der Waals surface area contributed by atoms with Crippen LogP contribution in [0.15, 0.2) is 67.4 Å². The van der Waals surface area contributed by atoms with Gasteiger partial charge in [-0.1, -0.05) is 0 Å². The number of likely N-dealkylation sites (N-methyl/N-ethyl adjacent to an activating group) is 1. The van der Waals surface area contributed by atoms with Gasteiger partial charge in [0, 0.05) is 73.7 Å². The van der Waals surface area contributed by atoms with Crippen molar-refractivity contribution in [2.75, 3.05) is 43.4 Å². The summed E-state index contributed by atoms with van der Waals surface area (Å²) in [4.78, 5) is 17.2. The highest BCUT2D eigenvalue weighted by molar-refractivity contribution is 5.96. The van der Waals surface area contributed by atoms with Gasteiger partial charge in [0.1, 0.15) is 11.5 Å². The van der Waals surface area contributed by atoms with Crippen molar-refractivity contribution < 1.29 is 0 Å². The van der Waals surface area contributed by atoms with Crippen molar-refractivity contribution in [1.29, 1.82) is 0 Å². The van der Waals surface area contributed by atoms with Gasteiger partial charge >= 0.3 is 0 Å². The Labute approximate surface area is 185 Å². The summed E-state index contributed by atoms with van der Waals surface area (Å²) in [6.07, 6.45) is 9.53. The zero-order valence-corrected chi connectivity index (χ0v) is 17.9. The van der Waals surface area contributed by atoms with E-state index in [9.17, 15) is 0 Å². The summed E-state index contributed by atoms with van der Waals surface area (Å²) >= 11 is 0. The number of nitrogens with zero attached hydrogens (tertiary/aromatic N) is 6. The highest BCUT2D eigenvalue weighted by Crippen LogP contribution is 2.31. The molecule has 1 aliphatic heterocycles. The lowest BCUT2D eigenvalue weighted by atomic mass is 10.1. The minimum absolute atomic E-state index is 0.867. The van der Waals surface area contributed by atoms with Gasteiger partial charge in [-0.3, -0.25) is 0 Å². The molecule has 5 aromatic rings. The standard InChI is InChI=1S/C24H24N8/c1-30-8-10-31(11-9-30)23-14-18(2-5-25-23)29-19-13-21-22(16-27-24(21)26-15-19)17-4-7-32-20(12-17)3-6-28-32/h2-7,12-16H,8-11H2,1H3,(H,25,29)(H,26,27). The van der Waals surface area contributed by atoms with Gasteiger partial charge in [0.25, 0.3) is 0 Å². The molecule has 8 heteroatoms. The summed E-state index contributed by atoms with van der Waals surface area (Å²) in [5.41, 5.74) is 6.13. The quantitative estimate of drug-likeness (QED) is 0.457. The van der Waals surface area contributed by atoms with E-state index in [0.29, 0.717) is 0 Å². The van der Waals surface area contributed by atoms with Crippen LogP contribution in [0.2, 0.25) is 0 Å². The fourth-order valence-electron chi connectivity index (χ4n) is 4.27. The van der Waals surface area contributed by atoms with E-state index in [1.54, 1.807) is 0 Å².